The molecule has 0 aliphatic heterocycles. The summed E-state index contributed by atoms with van der Waals surface area (Å²) < 4.78 is 55.8. The van der Waals surface area contributed by atoms with Crippen molar-refractivity contribution in [3.63, 3.8) is 0 Å². The highest BCUT2D eigenvalue weighted by atomic mass is 19.1. The average molecular weight is 320 g/mol. The molecule has 0 unspecified atom stereocenters. The lowest BCUT2D eigenvalue weighted by atomic mass is 9.87. The number of benzene rings is 2. The molecular weight excluding hydrogens is 304 g/mol. The van der Waals surface area contributed by atoms with E-state index in [0.29, 0.717) is 41.5 Å². The first-order valence-corrected chi connectivity index (χ1v) is 7.66. The summed E-state index contributed by atoms with van der Waals surface area (Å²) >= 11 is 0. The molecular formula is C19H16F4. The Morgan fingerprint density at radius 1 is 0.870 bits per heavy atom. The predicted molar refractivity (Wildman–Crippen MR) is 82.9 cm³/mol. The van der Waals surface area contributed by atoms with Gasteiger partial charge in [0.1, 0.15) is 23.3 Å². The Labute approximate surface area is 132 Å². The molecule has 4 heteroatoms. The first-order valence-electron chi connectivity index (χ1n) is 7.66. The lowest BCUT2D eigenvalue weighted by Gasteiger charge is -2.19. The second-order valence-electron chi connectivity index (χ2n) is 5.81. The molecule has 2 aromatic rings. The molecule has 1 aliphatic rings. The summed E-state index contributed by atoms with van der Waals surface area (Å²) in [5.74, 6) is -2.56. The first kappa shape index (κ1) is 15.8. The summed E-state index contributed by atoms with van der Waals surface area (Å²) in [6.07, 6.45) is 3.49. The maximum atomic E-state index is 14.3. The van der Waals surface area contributed by atoms with E-state index in [-0.39, 0.29) is 5.56 Å². The summed E-state index contributed by atoms with van der Waals surface area (Å²) in [7, 11) is 0. The third kappa shape index (κ3) is 3.03. The molecule has 0 amide bonds. The van der Waals surface area contributed by atoms with E-state index in [1.807, 2.05) is 6.92 Å². The monoisotopic (exact) mass is 320 g/mol. The second-order valence-corrected chi connectivity index (χ2v) is 5.81. The van der Waals surface area contributed by atoms with Crippen LogP contribution < -0.4 is 0 Å². The summed E-state index contributed by atoms with van der Waals surface area (Å²) in [5.41, 5.74) is 1.68. The summed E-state index contributed by atoms with van der Waals surface area (Å²) in [6, 6.07) is 4.70. The second kappa shape index (κ2) is 6.19. The molecule has 120 valence electrons. The number of rotatable bonds is 3. The van der Waals surface area contributed by atoms with Crippen molar-refractivity contribution in [3.05, 3.63) is 69.8 Å². The fourth-order valence-corrected chi connectivity index (χ4v) is 3.10. The Hall–Kier alpha value is -2.10. The fourth-order valence-electron chi connectivity index (χ4n) is 3.10. The Kier molecular flexibility index (Phi) is 4.24. The van der Waals surface area contributed by atoms with Gasteiger partial charge in [0.25, 0.3) is 0 Å². The van der Waals surface area contributed by atoms with Gasteiger partial charge < -0.3 is 0 Å². The molecule has 0 atom stereocenters. The van der Waals surface area contributed by atoms with Crippen molar-refractivity contribution in [2.75, 3.05) is 0 Å². The molecule has 0 saturated carbocycles. The fraction of sp³-hybridized carbons (Fsp3) is 0.263. The molecule has 0 spiro atoms. The zero-order valence-electron chi connectivity index (χ0n) is 12.7. The van der Waals surface area contributed by atoms with Gasteiger partial charge in [-0.15, -0.1) is 0 Å². The van der Waals surface area contributed by atoms with Crippen LogP contribution in [0.4, 0.5) is 17.6 Å². The van der Waals surface area contributed by atoms with Crippen molar-refractivity contribution >= 4 is 11.6 Å². The standard InChI is InChI=1S/C19H16F4/c1-2-3-11-6-17(22)19(18(23)7-11)12-4-5-15-13(8-12)9-14(20)10-16(15)21/h6-10H,2-5H2,1H3. The van der Waals surface area contributed by atoms with Crippen molar-refractivity contribution < 1.29 is 17.6 Å². The number of aryl methyl sites for hydroxylation is 1. The van der Waals surface area contributed by atoms with E-state index in [0.717, 1.165) is 12.5 Å². The van der Waals surface area contributed by atoms with Gasteiger partial charge in [0.2, 0.25) is 0 Å². The van der Waals surface area contributed by atoms with Gasteiger partial charge in [0.05, 0.1) is 0 Å². The molecule has 0 heterocycles. The molecule has 0 N–H and O–H groups in total. The van der Waals surface area contributed by atoms with Gasteiger partial charge in [-0.05, 0) is 59.7 Å². The maximum absolute atomic E-state index is 14.3. The van der Waals surface area contributed by atoms with E-state index in [1.54, 1.807) is 0 Å². The molecule has 3 rings (SSSR count). The molecule has 0 nitrogen and oxygen atoms in total. The highest BCUT2D eigenvalue weighted by Crippen LogP contribution is 2.35. The van der Waals surface area contributed by atoms with Gasteiger partial charge in [-0.2, -0.15) is 0 Å². The third-order valence-electron chi connectivity index (χ3n) is 4.13. The molecule has 0 aromatic heterocycles. The number of allylic oxidation sites excluding steroid dienone is 1. The van der Waals surface area contributed by atoms with Gasteiger partial charge in [0, 0.05) is 11.6 Å². The number of hydrogen-bond donors (Lipinski definition) is 0. The van der Waals surface area contributed by atoms with Crippen molar-refractivity contribution in [1.82, 2.24) is 0 Å². The van der Waals surface area contributed by atoms with E-state index in [2.05, 4.69) is 0 Å². The lowest BCUT2D eigenvalue weighted by Crippen LogP contribution is -2.06. The molecule has 2 aromatic carbocycles. The predicted octanol–water partition coefficient (Wildman–Crippen LogP) is 5.68. The van der Waals surface area contributed by atoms with Crippen LogP contribution in [0.1, 0.15) is 42.0 Å². The zero-order chi connectivity index (χ0) is 16.6. The topological polar surface area (TPSA) is 0 Å². The minimum absolute atomic E-state index is 0.0971. The average Bonchev–Trinajstić information content (AvgIpc) is 2.46. The van der Waals surface area contributed by atoms with Crippen molar-refractivity contribution in [3.8, 4) is 0 Å². The Morgan fingerprint density at radius 2 is 1.57 bits per heavy atom. The summed E-state index contributed by atoms with van der Waals surface area (Å²) in [6.45, 7) is 1.94. The summed E-state index contributed by atoms with van der Waals surface area (Å²) in [5, 5.41) is 0. The van der Waals surface area contributed by atoms with Crippen LogP contribution in [-0.2, 0) is 12.8 Å². The highest BCUT2D eigenvalue weighted by Gasteiger charge is 2.21. The van der Waals surface area contributed by atoms with Crippen LogP contribution in [0.5, 0.6) is 0 Å². The van der Waals surface area contributed by atoms with E-state index < -0.39 is 23.3 Å². The smallest absolute Gasteiger partial charge is 0.133 e. The minimum atomic E-state index is -0.696. The molecule has 0 saturated heterocycles. The quantitative estimate of drug-likeness (QED) is 0.638. The molecule has 23 heavy (non-hydrogen) atoms. The van der Waals surface area contributed by atoms with Gasteiger partial charge in [0.15, 0.2) is 0 Å². The SMILES string of the molecule is CCCc1cc(F)c(C2=Cc3cc(F)cc(F)c3CC2)c(F)c1. The molecule has 0 bridgehead atoms. The Morgan fingerprint density at radius 3 is 2.22 bits per heavy atom. The lowest BCUT2D eigenvalue weighted by molar-refractivity contribution is 0.567. The van der Waals surface area contributed by atoms with Crippen LogP contribution in [0.2, 0.25) is 0 Å². The minimum Gasteiger partial charge on any atom is -0.207 e. The van der Waals surface area contributed by atoms with Gasteiger partial charge in [-0.25, -0.2) is 17.6 Å². The zero-order valence-corrected chi connectivity index (χ0v) is 12.7. The maximum Gasteiger partial charge on any atom is 0.133 e. The highest BCUT2D eigenvalue weighted by molar-refractivity contribution is 5.85. The Balaban J connectivity index is 2.07. The van der Waals surface area contributed by atoms with Crippen LogP contribution in [0.3, 0.4) is 0 Å². The van der Waals surface area contributed by atoms with E-state index in [9.17, 15) is 17.6 Å². The first-order chi connectivity index (χ1) is 11.0. The van der Waals surface area contributed by atoms with Crippen LogP contribution >= 0.6 is 0 Å². The largest absolute Gasteiger partial charge is 0.207 e. The number of hydrogen-bond acceptors (Lipinski definition) is 0. The number of halogens is 4. The van der Waals surface area contributed by atoms with Crippen LogP contribution in [-0.4, -0.2) is 0 Å². The van der Waals surface area contributed by atoms with E-state index in [4.69, 9.17) is 0 Å². The normalized spacial score (nSPS) is 13.7. The van der Waals surface area contributed by atoms with Crippen molar-refractivity contribution in [2.24, 2.45) is 0 Å². The van der Waals surface area contributed by atoms with Crippen LogP contribution in [0.15, 0.2) is 24.3 Å². The van der Waals surface area contributed by atoms with E-state index >= 15 is 0 Å². The third-order valence-corrected chi connectivity index (χ3v) is 4.13. The van der Waals surface area contributed by atoms with Gasteiger partial charge in [-0.3, -0.25) is 0 Å². The van der Waals surface area contributed by atoms with Crippen molar-refractivity contribution in [2.45, 2.75) is 32.6 Å². The molecule has 0 radical (unpaired) electrons. The van der Waals surface area contributed by atoms with Crippen LogP contribution in [0.25, 0.3) is 11.6 Å². The molecule has 1 aliphatic carbocycles. The Bertz CT molecular complexity index is 767. The van der Waals surface area contributed by atoms with Gasteiger partial charge in [-0.1, -0.05) is 19.4 Å². The summed E-state index contributed by atoms with van der Waals surface area (Å²) in [4.78, 5) is 0. The number of fused-ring (bicyclic) bond motifs is 1. The van der Waals surface area contributed by atoms with Crippen molar-refractivity contribution in [1.29, 1.82) is 0 Å². The molecule has 0 fully saturated rings. The van der Waals surface area contributed by atoms with E-state index in [1.165, 1.54) is 24.3 Å². The van der Waals surface area contributed by atoms with Gasteiger partial charge >= 0.3 is 0 Å². The van der Waals surface area contributed by atoms with Crippen LogP contribution in [0, 0.1) is 23.3 Å².